The number of likely N-dealkylation sites (tertiary alicyclic amines) is 1. The number of carbonyl (C=O) groups is 1. The molecule has 1 saturated heterocycles. The lowest BCUT2D eigenvalue weighted by Crippen LogP contribution is -2.46. The Morgan fingerprint density at radius 3 is 2.86 bits per heavy atom. The molecule has 1 aromatic rings. The third kappa shape index (κ3) is 8.78. The zero-order valence-corrected chi connectivity index (χ0v) is 20.4. The molecule has 6 nitrogen and oxygen atoms in total. The summed E-state index contributed by atoms with van der Waals surface area (Å²) in [5.41, 5.74) is 7.26. The summed E-state index contributed by atoms with van der Waals surface area (Å²) in [6.45, 7) is 8.65. The second-order valence-corrected chi connectivity index (χ2v) is 9.90. The molecular formula is C22H37IN4O2. The van der Waals surface area contributed by atoms with Gasteiger partial charge in [-0.3, -0.25) is 9.69 Å². The maximum absolute atomic E-state index is 12.3. The Kier molecular flexibility index (Phi) is 10.1. The number of nitrogens with zero attached hydrogens (tertiary/aromatic N) is 2. The fourth-order valence-electron chi connectivity index (χ4n) is 3.60. The molecule has 3 N–H and O–H groups in total. The van der Waals surface area contributed by atoms with Crippen molar-refractivity contribution in [3.05, 3.63) is 27.3 Å². The van der Waals surface area contributed by atoms with E-state index >= 15 is 0 Å². The second kappa shape index (κ2) is 12.1. The number of ether oxygens (including phenoxy) is 1. The predicted octanol–water partition coefficient (Wildman–Crippen LogP) is 2.69. The quantitative estimate of drug-likeness (QED) is 0.350. The minimum Gasteiger partial charge on any atom is -0.492 e. The molecule has 0 aromatic heterocycles. The molecular weight excluding hydrogens is 479 g/mol. The summed E-state index contributed by atoms with van der Waals surface area (Å²) < 4.78 is 7.14. The molecule has 2 rings (SSSR count). The summed E-state index contributed by atoms with van der Waals surface area (Å²) in [5.74, 6) is 1.37. The van der Waals surface area contributed by atoms with Gasteiger partial charge in [0.1, 0.15) is 5.75 Å². The SMILES string of the molecule is CC(C)C[C@H](N)C(=O)N[C@H]1CCN(Cc2ccc(I)c(OCCCN(C)C)c2)C1. The van der Waals surface area contributed by atoms with E-state index in [1.54, 1.807) is 0 Å². The highest BCUT2D eigenvalue weighted by Crippen LogP contribution is 2.24. The number of benzene rings is 1. The molecule has 0 spiro atoms. The van der Waals surface area contributed by atoms with E-state index in [1.807, 2.05) is 0 Å². The van der Waals surface area contributed by atoms with E-state index in [4.69, 9.17) is 10.5 Å². The van der Waals surface area contributed by atoms with Crippen molar-refractivity contribution in [3.8, 4) is 5.75 Å². The summed E-state index contributed by atoms with van der Waals surface area (Å²) >= 11 is 2.33. The molecule has 1 amide bonds. The van der Waals surface area contributed by atoms with E-state index in [-0.39, 0.29) is 11.9 Å². The zero-order chi connectivity index (χ0) is 21.4. The Bertz CT molecular complexity index is 654. The van der Waals surface area contributed by atoms with Crippen LogP contribution in [-0.2, 0) is 11.3 Å². The first kappa shape index (κ1) is 24.4. The van der Waals surface area contributed by atoms with Gasteiger partial charge < -0.3 is 20.7 Å². The molecule has 1 fully saturated rings. The average Bonchev–Trinajstić information content (AvgIpc) is 3.07. The number of amides is 1. The zero-order valence-electron chi connectivity index (χ0n) is 18.3. The minimum atomic E-state index is -0.410. The minimum absolute atomic E-state index is 0.0202. The first-order valence-corrected chi connectivity index (χ1v) is 11.7. The van der Waals surface area contributed by atoms with E-state index in [0.29, 0.717) is 5.92 Å². The van der Waals surface area contributed by atoms with Crippen molar-refractivity contribution in [1.29, 1.82) is 0 Å². The highest BCUT2D eigenvalue weighted by molar-refractivity contribution is 14.1. The van der Waals surface area contributed by atoms with Crippen molar-refractivity contribution < 1.29 is 9.53 Å². The van der Waals surface area contributed by atoms with Gasteiger partial charge in [-0.15, -0.1) is 0 Å². The molecule has 1 aromatic carbocycles. The molecule has 0 bridgehead atoms. The molecule has 0 radical (unpaired) electrons. The standard InChI is InChI=1S/C22H37IN4O2/c1-16(2)12-20(24)22(28)25-18-8-10-27(15-18)14-17-6-7-19(23)21(13-17)29-11-5-9-26(3)4/h6-7,13,16,18,20H,5,8-12,14-15,24H2,1-4H3,(H,25,28)/t18-,20-/m0/s1. The lowest BCUT2D eigenvalue weighted by Gasteiger charge is -2.20. The van der Waals surface area contributed by atoms with Gasteiger partial charge in [0.05, 0.1) is 16.2 Å². The molecule has 0 aliphatic carbocycles. The Morgan fingerprint density at radius 2 is 2.17 bits per heavy atom. The Morgan fingerprint density at radius 1 is 1.41 bits per heavy atom. The lowest BCUT2D eigenvalue weighted by atomic mass is 10.0. The normalized spacial score (nSPS) is 18.4. The maximum Gasteiger partial charge on any atom is 0.237 e. The van der Waals surface area contributed by atoms with Gasteiger partial charge in [-0.2, -0.15) is 0 Å². The van der Waals surface area contributed by atoms with E-state index in [9.17, 15) is 4.79 Å². The molecule has 1 aliphatic rings. The van der Waals surface area contributed by atoms with Crippen molar-refractivity contribution in [2.75, 3.05) is 40.3 Å². The number of carbonyl (C=O) groups excluding carboxylic acids is 1. The first-order valence-electron chi connectivity index (χ1n) is 10.6. The average molecular weight is 516 g/mol. The summed E-state index contributed by atoms with van der Waals surface area (Å²) in [6.07, 6.45) is 2.71. The molecule has 29 heavy (non-hydrogen) atoms. The smallest absolute Gasteiger partial charge is 0.237 e. The van der Waals surface area contributed by atoms with Crippen molar-refractivity contribution in [1.82, 2.24) is 15.1 Å². The number of rotatable bonds is 11. The van der Waals surface area contributed by atoms with Crippen LogP contribution in [-0.4, -0.2) is 68.1 Å². The van der Waals surface area contributed by atoms with Gasteiger partial charge in [-0.05, 0) is 79.6 Å². The van der Waals surface area contributed by atoms with Crippen LogP contribution in [0.25, 0.3) is 0 Å². The second-order valence-electron chi connectivity index (χ2n) is 8.74. The van der Waals surface area contributed by atoms with Crippen LogP contribution in [0.4, 0.5) is 0 Å². The molecule has 1 aliphatic heterocycles. The van der Waals surface area contributed by atoms with Crippen LogP contribution in [0.5, 0.6) is 5.75 Å². The summed E-state index contributed by atoms with van der Waals surface area (Å²) in [6, 6.07) is 6.22. The monoisotopic (exact) mass is 516 g/mol. The summed E-state index contributed by atoms with van der Waals surface area (Å²) in [5, 5.41) is 3.13. The van der Waals surface area contributed by atoms with Crippen molar-refractivity contribution in [2.24, 2.45) is 11.7 Å². The molecule has 164 valence electrons. The van der Waals surface area contributed by atoms with E-state index in [2.05, 4.69) is 83.8 Å². The fraction of sp³-hybridized carbons (Fsp3) is 0.682. The molecule has 2 atom stereocenters. The Hall–Kier alpha value is -0.900. The largest absolute Gasteiger partial charge is 0.492 e. The van der Waals surface area contributed by atoms with Crippen LogP contribution in [0.1, 0.15) is 38.7 Å². The number of nitrogens with one attached hydrogen (secondary N) is 1. The fourth-order valence-corrected chi connectivity index (χ4v) is 4.09. The van der Waals surface area contributed by atoms with Gasteiger partial charge >= 0.3 is 0 Å². The number of hydrogen-bond donors (Lipinski definition) is 2. The van der Waals surface area contributed by atoms with Crippen LogP contribution in [0.3, 0.4) is 0 Å². The van der Waals surface area contributed by atoms with Gasteiger partial charge in [0.25, 0.3) is 0 Å². The third-order valence-corrected chi connectivity index (χ3v) is 5.98. The summed E-state index contributed by atoms with van der Waals surface area (Å²) in [7, 11) is 4.16. The first-order chi connectivity index (χ1) is 13.7. The highest BCUT2D eigenvalue weighted by atomic mass is 127. The van der Waals surface area contributed by atoms with Crippen molar-refractivity contribution in [3.63, 3.8) is 0 Å². The Balaban J connectivity index is 1.81. The van der Waals surface area contributed by atoms with Crippen LogP contribution >= 0.6 is 22.6 Å². The van der Waals surface area contributed by atoms with Gasteiger partial charge in [0.15, 0.2) is 0 Å². The third-order valence-electron chi connectivity index (χ3n) is 5.09. The van der Waals surface area contributed by atoms with Crippen molar-refractivity contribution >= 4 is 28.5 Å². The molecule has 0 unspecified atom stereocenters. The van der Waals surface area contributed by atoms with E-state index in [0.717, 1.165) is 61.4 Å². The number of nitrogens with two attached hydrogens (primary N) is 1. The highest BCUT2D eigenvalue weighted by Gasteiger charge is 2.26. The van der Waals surface area contributed by atoms with Gasteiger partial charge in [0.2, 0.25) is 5.91 Å². The summed E-state index contributed by atoms with van der Waals surface area (Å²) in [4.78, 5) is 16.8. The van der Waals surface area contributed by atoms with E-state index in [1.165, 1.54) is 5.56 Å². The van der Waals surface area contributed by atoms with Crippen LogP contribution < -0.4 is 15.8 Å². The predicted molar refractivity (Wildman–Crippen MR) is 127 cm³/mol. The lowest BCUT2D eigenvalue weighted by molar-refractivity contribution is -0.123. The number of halogens is 1. The van der Waals surface area contributed by atoms with Crippen LogP contribution in [0, 0.1) is 9.49 Å². The van der Waals surface area contributed by atoms with Crippen LogP contribution in [0.15, 0.2) is 18.2 Å². The van der Waals surface area contributed by atoms with Crippen LogP contribution in [0.2, 0.25) is 0 Å². The topological polar surface area (TPSA) is 70.8 Å². The van der Waals surface area contributed by atoms with Crippen molar-refractivity contribution in [2.45, 2.75) is 51.7 Å². The van der Waals surface area contributed by atoms with Gasteiger partial charge in [0, 0.05) is 32.2 Å². The molecule has 1 heterocycles. The Labute approximate surface area is 189 Å². The van der Waals surface area contributed by atoms with Gasteiger partial charge in [-0.1, -0.05) is 19.9 Å². The number of hydrogen-bond acceptors (Lipinski definition) is 5. The molecule has 0 saturated carbocycles. The van der Waals surface area contributed by atoms with Gasteiger partial charge in [-0.25, -0.2) is 0 Å². The van der Waals surface area contributed by atoms with E-state index < -0.39 is 6.04 Å². The maximum atomic E-state index is 12.3. The molecule has 7 heteroatoms.